The molecule has 2 aromatic rings. The Hall–Kier alpha value is -1.81. The number of nitrogen functional groups attached to an aromatic ring is 1. The van der Waals surface area contributed by atoms with Gasteiger partial charge in [-0.3, -0.25) is 4.90 Å². The zero-order valence-corrected chi connectivity index (χ0v) is 11.9. The lowest BCUT2D eigenvalue weighted by Gasteiger charge is -2.25. The quantitative estimate of drug-likeness (QED) is 0.837. The van der Waals surface area contributed by atoms with Gasteiger partial charge < -0.3 is 10.3 Å². The first-order chi connectivity index (χ1) is 9.08. The molecule has 2 rings (SSSR count). The molecule has 19 heavy (non-hydrogen) atoms. The van der Waals surface area contributed by atoms with Gasteiger partial charge >= 0.3 is 0 Å². The fourth-order valence-electron chi connectivity index (χ4n) is 2.18. The van der Waals surface area contributed by atoms with E-state index in [9.17, 15) is 0 Å². The third-order valence-electron chi connectivity index (χ3n) is 3.66. The van der Waals surface area contributed by atoms with Crippen molar-refractivity contribution in [1.82, 2.24) is 14.5 Å². The molecule has 1 aromatic heterocycles. The molecule has 1 unspecified atom stereocenters. The Morgan fingerprint density at radius 1 is 1.42 bits per heavy atom. The van der Waals surface area contributed by atoms with E-state index < -0.39 is 0 Å². The highest BCUT2D eigenvalue weighted by Gasteiger charge is 2.12. The van der Waals surface area contributed by atoms with E-state index in [1.54, 1.807) is 0 Å². The maximum Gasteiger partial charge on any atom is 0.109 e. The number of imidazole rings is 1. The van der Waals surface area contributed by atoms with E-state index in [-0.39, 0.29) is 0 Å². The van der Waals surface area contributed by atoms with E-state index in [4.69, 9.17) is 5.73 Å². The minimum atomic E-state index is 0.351. The van der Waals surface area contributed by atoms with Crippen LogP contribution in [0.2, 0.25) is 0 Å². The summed E-state index contributed by atoms with van der Waals surface area (Å²) in [5, 5.41) is 0. The highest BCUT2D eigenvalue weighted by atomic mass is 15.1. The molecule has 4 heteroatoms. The van der Waals surface area contributed by atoms with E-state index in [1.807, 2.05) is 37.6 Å². The fraction of sp³-hybridized carbons (Fsp3) is 0.400. The Morgan fingerprint density at radius 3 is 2.84 bits per heavy atom. The molecule has 0 radical (unpaired) electrons. The highest BCUT2D eigenvalue weighted by molar-refractivity contribution is 5.41. The molecule has 1 heterocycles. The Balaban J connectivity index is 1.96. The third-order valence-corrected chi connectivity index (χ3v) is 3.66. The molecule has 0 aliphatic rings. The number of anilines is 1. The molecule has 0 aliphatic heterocycles. The fourth-order valence-corrected chi connectivity index (χ4v) is 2.18. The second-order valence-corrected chi connectivity index (χ2v) is 5.03. The van der Waals surface area contributed by atoms with Crippen molar-refractivity contribution in [2.75, 3.05) is 19.3 Å². The van der Waals surface area contributed by atoms with Crippen LogP contribution in [0.3, 0.4) is 0 Å². The molecule has 1 aromatic carbocycles. The second kappa shape index (κ2) is 5.89. The van der Waals surface area contributed by atoms with Gasteiger partial charge in [0, 0.05) is 44.1 Å². The number of hydrogen-bond donors (Lipinski definition) is 1. The van der Waals surface area contributed by atoms with Gasteiger partial charge in [-0.2, -0.15) is 0 Å². The normalized spacial score (nSPS) is 12.8. The smallest absolute Gasteiger partial charge is 0.109 e. The van der Waals surface area contributed by atoms with Crippen molar-refractivity contribution in [2.24, 2.45) is 7.05 Å². The van der Waals surface area contributed by atoms with Crippen molar-refractivity contribution < 1.29 is 0 Å². The molecule has 0 spiro atoms. The molecule has 0 bridgehead atoms. The molecule has 0 aliphatic carbocycles. The number of benzene rings is 1. The number of hydrogen-bond acceptors (Lipinski definition) is 3. The predicted molar refractivity (Wildman–Crippen MR) is 78.8 cm³/mol. The van der Waals surface area contributed by atoms with Crippen LogP contribution in [0.4, 0.5) is 5.69 Å². The van der Waals surface area contributed by atoms with E-state index in [1.165, 1.54) is 5.56 Å². The van der Waals surface area contributed by atoms with E-state index in [2.05, 4.69) is 34.5 Å². The maximum atomic E-state index is 5.84. The van der Waals surface area contributed by atoms with Crippen molar-refractivity contribution in [3.8, 4) is 0 Å². The number of rotatable bonds is 5. The average Bonchev–Trinajstić information content (AvgIpc) is 2.80. The molecule has 0 saturated carbocycles. The molecule has 0 saturated heterocycles. The van der Waals surface area contributed by atoms with Crippen LogP contribution in [0, 0.1) is 0 Å². The molecule has 0 amide bonds. The summed E-state index contributed by atoms with van der Waals surface area (Å²) in [6.45, 7) is 3.17. The summed E-state index contributed by atoms with van der Waals surface area (Å²) in [6.07, 6.45) is 4.78. The molecule has 102 valence electrons. The van der Waals surface area contributed by atoms with Gasteiger partial charge in [0.2, 0.25) is 0 Å². The van der Waals surface area contributed by atoms with Gasteiger partial charge in [0.25, 0.3) is 0 Å². The number of likely N-dealkylation sites (N-methyl/N-ethyl adjacent to an activating group) is 1. The van der Waals surface area contributed by atoms with E-state index in [0.717, 1.165) is 24.5 Å². The first-order valence-electron chi connectivity index (χ1n) is 6.60. The summed E-state index contributed by atoms with van der Waals surface area (Å²) >= 11 is 0. The molecule has 0 fully saturated rings. The average molecular weight is 258 g/mol. The summed E-state index contributed by atoms with van der Waals surface area (Å²) in [5.41, 5.74) is 7.91. The van der Waals surface area contributed by atoms with Gasteiger partial charge in [-0.05, 0) is 31.7 Å². The zero-order valence-electron chi connectivity index (χ0n) is 11.9. The van der Waals surface area contributed by atoms with Crippen LogP contribution in [0.1, 0.15) is 24.4 Å². The summed E-state index contributed by atoms with van der Waals surface area (Å²) in [5.74, 6) is 1.12. The lowest BCUT2D eigenvalue weighted by Crippen LogP contribution is -2.25. The summed E-state index contributed by atoms with van der Waals surface area (Å²) in [4.78, 5) is 6.67. The Bertz CT molecular complexity index is 532. The van der Waals surface area contributed by atoms with Gasteiger partial charge in [0.05, 0.1) is 0 Å². The van der Waals surface area contributed by atoms with Crippen LogP contribution in [-0.4, -0.2) is 28.0 Å². The summed E-state index contributed by atoms with van der Waals surface area (Å²) < 4.78 is 2.07. The van der Waals surface area contributed by atoms with Crippen molar-refractivity contribution in [3.63, 3.8) is 0 Å². The van der Waals surface area contributed by atoms with Crippen LogP contribution >= 0.6 is 0 Å². The Kier molecular flexibility index (Phi) is 4.22. The lowest BCUT2D eigenvalue weighted by molar-refractivity contribution is 0.262. The number of aryl methyl sites for hydroxylation is 1. The Morgan fingerprint density at radius 2 is 2.21 bits per heavy atom. The molecular weight excluding hydrogens is 236 g/mol. The molecule has 2 N–H and O–H groups in total. The van der Waals surface area contributed by atoms with Crippen molar-refractivity contribution in [3.05, 3.63) is 48.0 Å². The first-order valence-corrected chi connectivity index (χ1v) is 6.60. The number of nitrogens with two attached hydrogens (primary N) is 1. The van der Waals surface area contributed by atoms with E-state index >= 15 is 0 Å². The van der Waals surface area contributed by atoms with Crippen molar-refractivity contribution in [1.29, 1.82) is 0 Å². The van der Waals surface area contributed by atoms with Crippen LogP contribution in [-0.2, 0) is 13.5 Å². The van der Waals surface area contributed by atoms with Crippen LogP contribution in [0.25, 0.3) is 0 Å². The largest absolute Gasteiger partial charge is 0.399 e. The molecule has 1 atom stereocenters. The molecular formula is C15H22N4. The minimum Gasteiger partial charge on any atom is -0.399 e. The highest BCUT2D eigenvalue weighted by Crippen LogP contribution is 2.20. The summed E-state index contributed by atoms with van der Waals surface area (Å²) in [6, 6.07) is 8.45. The maximum absolute atomic E-state index is 5.84. The van der Waals surface area contributed by atoms with Gasteiger partial charge in [0.15, 0.2) is 0 Å². The third kappa shape index (κ3) is 3.35. The van der Waals surface area contributed by atoms with Gasteiger partial charge in [-0.15, -0.1) is 0 Å². The topological polar surface area (TPSA) is 47.1 Å². The summed E-state index contributed by atoms with van der Waals surface area (Å²) in [7, 11) is 4.17. The number of nitrogens with zero attached hydrogens (tertiary/aromatic N) is 3. The zero-order chi connectivity index (χ0) is 13.8. The van der Waals surface area contributed by atoms with Gasteiger partial charge in [-0.25, -0.2) is 4.98 Å². The standard InChI is InChI=1S/C15H22N4/c1-12(13-5-4-6-14(16)11-13)18(2)9-7-15-17-8-10-19(15)3/h4-6,8,10-12H,7,9,16H2,1-3H3. The number of aromatic nitrogens is 2. The van der Waals surface area contributed by atoms with Crippen LogP contribution < -0.4 is 5.73 Å². The van der Waals surface area contributed by atoms with Crippen molar-refractivity contribution in [2.45, 2.75) is 19.4 Å². The first kappa shape index (κ1) is 13.6. The second-order valence-electron chi connectivity index (χ2n) is 5.03. The lowest BCUT2D eigenvalue weighted by atomic mass is 10.1. The van der Waals surface area contributed by atoms with Gasteiger partial charge in [0.1, 0.15) is 5.82 Å². The van der Waals surface area contributed by atoms with E-state index in [0.29, 0.717) is 6.04 Å². The predicted octanol–water partition coefficient (Wildman–Crippen LogP) is 2.24. The molecule has 4 nitrogen and oxygen atoms in total. The minimum absolute atomic E-state index is 0.351. The van der Waals surface area contributed by atoms with Gasteiger partial charge in [-0.1, -0.05) is 12.1 Å². The van der Waals surface area contributed by atoms with Crippen LogP contribution in [0.5, 0.6) is 0 Å². The monoisotopic (exact) mass is 258 g/mol. The van der Waals surface area contributed by atoms with Crippen LogP contribution in [0.15, 0.2) is 36.7 Å². The SMILES string of the molecule is CC(c1cccc(N)c1)N(C)CCc1nccn1C. The van der Waals surface area contributed by atoms with Crippen molar-refractivity contribution >= 4 is 5.69 Å². The Labute approximate surface area is 114 Å².